The minimum Gasteiger partial charge on any atom is -0.511 e. The molecule has 0 unspecified atom stereocenters. The number of para-hydroxylation sites is 6. The largest absolute Gasteiger partial charge is 0.511 e. The first kappa shape index (κ1) is 63.7. The molecule has 0 amide bonds. The van der Waals surface area contributed by atoms with Gasteiger partial charge in [-0.05, 0) is 167 Å². The maximum absolute atomic E-state index is 8.62. The minimum absolute atomic E-state index is 0. The molecule has 14 aromatic carbocycles. The average Bonchev–Trinajstić information content (AvgIpc) is 1.61. The van der Waals surface area contributed by atoms with Gasteiger partial charge < -0.3 is 18.4 Å². The van der Waals surface area contributed by atoms with Gasteiger partial charge in [0.05, 0.1) is 40.0 Å². The van der Waals surface area contributed by atoms with Crippen LogP contribution in [0.5, 0.6) is 11.5 Å². The molecule has 0 saturated heterocycles. The zero-order valence-electron chi connectivity index (χ0n) is 56.7. The van der Waals surface area contributed by atoms with E-state index in [2.05, 4.69) is 361 Å². The molecule has 0 aliphatic heterocycles. The summed E-state index contributed by atoms with van der Waals surface area (Å²) in [5, 5.41) is 4.42. The maximum atomic E-state index is 8.62. The van der Waals surface area contributed by atoms with Crippen molar-refractivity contribution >= 4 is 60.3 Å². The first-order valence-corrected chi connectivity index (χ1v) is 34.4. The summed E-state index contributed by atoms with van der Waals surface area (Å²) in [5.41, 5.74) is 25.0. The van der Waals surface area contributed by atoms with Crippen molar-refractivity contribution in [1.29, 1.82) is 0 Å². The Morgan fingerprint density at radius 2 is 0.922 bits per heavy atom. The Morgan fingerprint density at radius 1 is 0.398 bits per heavy atom. The third-order valence-corrected chi connectivity index (χ3v) is 19.7. The van der Waals surface area contributed by atoms with Crippen LogP contribution < -0.4 is 9.30 Å². The smallest absolute Gasteiger partial charge is 0.268 e. The topological polar surface area (TPSA) is 45.2 Å². The fraction of sp³-hybridized carbons (Fsp3) is 0.0421. The van der Waals surface area contributed by atoms with E-state index in [0.29, 0.717) is 22.9 Å². The molecule has 18 aromatic rings. The normalized spacial score (nSPS) is 11.6. The Labute approximate surface area is 612 Å². The predicted molar refractivity (Wildman–Crippen MR) is 417 cm³/mol. The molecule has 492 valence electrons. The van der Waals surface area contributed by atoms with Crippen LogP contribution in [0.25, 0.3) is 160 Å². The molecule has 4 aromatic heterocycles. The van der Waals surface area contributed by atoms with Crippen molar-refractivity contribution in [3.8, 4) is 112 Å². The molecule has 0 saturated carbocycles. The molecule has 0 aliphatic rings. The predicted octanol–water partition coefficient (Wildman–Crippen LogP) is 24.2. The van der Waals surface area contributed by atoms with E-state index < -0.39 is 0 Å². The van der Waals surface area contributed by atoms with E-state index in [9.17, 15) is 0 Å². The second-order valence-corrected chi connectivity index (χ2v) is 27.0. The Bertz CT molecular complexity index is 6060. The number of benzene rings is 14. The third-order valence-electron chi connectivity index (χ3n) is 19.7. The molecule has 18 rings (SSSR count). The summed E-state index contributed by atoms with van der Waals surface area (Å²) in [4.78, 5) is 9.16. The Kier molecular flexibility index (Phi) is 16.3. The minimum atomic E-state index is -0.144. The van der Waals surface area contributed by atoms with Crippen molar-refractivity contribution in [2.24, 2.45) is 0 Å². The van der Waals surface area contributed by atoms with Gasteiger partial charge in [0.1, 0.15) is 5.82 Å². The van der Waals surface area contributed by atoms with Crippen LogP contribution in [0.1, 0.15) is 26.3 Å². The van der Waals surface area contributed by atoms with Crippen LogP contribution in [-0.4, -0.2) is 18.7 Å². The van der Waals surface area contributed by atoms with Crippen LogP contribution in [0.3, 0.4) is 0 Å². The molecule has 0 aliphatic carbocycles. The van der Waals surface area contributed by atoms with Crippen molar-refractivity contribution in [1.82, 2.24) is 18.7 Å². The van der Waals surface area contributed by atoms with E-state index in [-0.39, 0.29) is 26.5 Å². The van der Waals surface area contributed by atoms with E-state index in [1.165, 1.54) is 10.8 Å². The SMILES string of the molecule is [C-]#[N+]c1cc(Oc2[c-]c3c(cc2)c2cc(-c4cccc5c6ccccc6n(-c6ccccc6)c45)ccc2n3-c2cc(C(C)(C)C)ccn2)[c-]c(-n2[c-][n+](-c3c(-c4cc(-c5ccccc5)cc(-c5ccccc5)c4)cccc3-c3cc(-c4ccccc4)cc(-c4ccccc4)c3)c3ccccc32)c1.[Pt]. The van der Waals surface area contributed by atoms with Gasteiger partial charge in [0.25, 0.3) is 6.33 Å². The van der Waals surface area contributed by atoms with Crippen LogP contribution in [0.4, 0.5) is 5.69 Å². The monoisotopic (exact) mass is 1500 g/mol. The third kappa shape index (κ3) is 11.7. The number of rotatable bonds is 13. The van der Waals surface area contributed by atoms with Crippen molar-refractivity contribution in [2.45, 2.75) is 26.2 Å². The Balaban J connectivity index is 0.00000787. The van der Waals surface area contributed by atoms with Crippen molar-refractivity contribution in [2.75, 3.05) is 0 Å². The number of hydrogen-bond acceptors (Lipinski definition) is 2. The number of hydrogen-bond donors (Lipinski definition) is 0. The van der Waals surface area contributed by atoms with Crippen LogP contribution >= 0.6 is 0 Å². The molecular formula is C95H64N6OPt-2. The molecule has 0 fully saturated rings. The summed E-state index contributed by atoms with van der Waals surface area (Å²) in [5.74, 6) is 1.58. The zero-order chi connectivity index (χ0) is 68.4. The van der Waals surface area contributed by atoms with Crippen molar-refractivity contribution in [3.63, 3.8) is 0 Å². The number of nitrogens with zero attached hydrogens (tertiary/aromatic N) is 6. The number of pyridine rings is 1. The van der Waals surface area contributed by atoms with Crippen LogP contribution in [0, 0.1) is 25.0 Å². The number of ether oxygens (including phenoxy) is 1. The molecule has 4 heterocycles. The summed E-state index contributed by atoms with van der Waals surface area (Å²) in [6.45, 7) is 15.3. The summed E-state index contributed by atoms with van der Waals surface area (Å²) in [6.07, 6.45) is 5.82. The second kappa shape index (κ2) is 26.4. The van der Waals surface area contributed by atoms with Gasteiger partial charge in [-0.3, -0.25) is 9.41 Å². The van der Waals surface area contributed by atoms with E-state index in [0.717, 1.165) is 145 Å². The molecular weight excluding hydrogens is 1440 g/mol. The van der Waals surface area contributed by atoms with Gasteiger partial charge in [-0.25, -0.2) is 4.98 Å². The molecule has 0 bridgehead atoms. The van der Waals surface area contributed by atoms with Crippen LogP contribution in [-0.2, 0) is 26.5 Å². The fourth-order valence-corrected chi connectivity index (χ4v) is 14.8. The summed E-state index contributed by atoms with van der Waals surface area (Å²) >= 11 is 0. The average molecular weight is 1500 g/mol. The standard InChI is InChI=1S/C95H64N6O.Pt/c1-95(2,3)74-48-49-97-92(57-74)101-88-47-44-67(80-37-25-40-85-83-36-20-21-41-87(83)100(94(80)85)76-34-18-9-19-35-76)56-86(88)84-46-45-78(61-91(84)101)102-79-59-75(96-4)58-77(60-79)98-62-99(90-43-23-22-42-89(90)98)93-81(72-52-68(63-26-10-5-11-27-63)50-69(53-72)64-28-12-6-13-29-64)38-24-39-82(93)73-54-70(65-30-14-7-15-31-65)51-71(55-73)66-32-16-8-17-33-66;/h5-59H,1-3H3;/q-2;. The zero-order valence-corrected chi connectivity index (χ0v) is 58.9. The van der Waals surface area contributed by atoms with Gasteiger partial charge in [0.15, 0.2) is 0 Å². The summed E-state index contributed by atoms with van der Waals surface area (Å²) < 4.78 is 15.8. The second-order valence-electron chi connectivity index (χ2n) is 27.0. The summed E-state index contributed by atoms with van der Waals surface area (Å²) in [6, 6.07) is 123. The number of imidazole rings is 1. The fourth-order valence-electron chi connectivity index (χ4n) is 14.8. The molecule has 0 radical (unpaired) electrons. The number of aromatic nitrogens is 5. The molecule has 7 nitrogen and oxygen atoms in total. The van der Waals surface area contributed by atoms with Gasteiger partial charge >= 0.3 is 0 Å². The first-order valence-electron chi connectivity index (χ1n) is 34.4. The Hall–Kier alpha value is -12.7. The van der Waals surface area contributed by atoms with Gasteiger partial charge in [0, 0.05) is 60.6 Å². The molecule has 0 atom stereocenters. The van der Waals surface area contributed by atoms with Crippen molar-refractivity contribution < 1.29 is 30.4 Å². The molecule has 8 heteroatoms. The van der Waals surface area contributed by atoms with Crippen molar-refractivity contribution in [3.05, 3.63) is 369 Å². The first-order chi connectivity index (χ1) is 50.1. The van der Waals surface area contributed by atoms with Crippen LogP contribution in [0.15, 0.2) is 334 Å². The van der Waals surface area contributed by atoms with E-state index in [4.69, 9.17) is 16.3 Å². The van der Waals surface area contributed by atoms with Gasteiger partial charge in [-0.15, -0.1) is 29.7 Å². The van der Waals surface area contributed by atoms with Crippen LogP contribution in [0.2, 0.25) is 0 Å². The van der Waals surface area contributed by atoms with E-state index >= 15 is 0 Å². The summed E-state index contributed by atoms with van der Waals surface area (Å²) in [7, 11) is 0. The maximum Gasteiger partial charge on any atom is 0.268 e. The van der Waals surface area contributed by atoms with Gasteiger partial charge in [-0.2, -0.15) is 12.1 Å². The van der Waals surface area contributed by atoms with E-state index in [1.807, 2.05) is 29.0 Å². The molecule has 0 N–H and O–H groups in total. The number of fused-ring (bicyclic) bond motifs is 7. The molecule has 0 spiro atoms. The molecule has 103 heavy (non-hydrogen) atoms. The van der Waals surface area contributed by atoms with Gasteiger partial charge in [-0.1, -0.05) is 262 Å². The Morgan fingerprint density at radius 3 is 1.52 bits per heavy atom. The quantitative estimate of drug-likeness (QED) is 0.0853. The van der Waals surface area contributed by atoms with Gasteiger partial charge in [0.2, 0.25) is 0 Å². The van der Waals surface area contributed by atoms with E-state index in [1.54, 1.807) is 6.07 Å².